The van der Waals surface area contributed by atoms with E-state index in [1.807, 2.05) is 6.92 Å². The molecule has 0 aromatic carbocycles. The lowest BCUT2D eigenvalue weighted by Gasteiger charge is -2.69. The van der Waals surface area contributed by atoms with Gasteiger partial charge in [-0.15, -0.1) is 0 Å². The number of carbonyl (C=O) groups excluding carboxylic acids is 4. The molecule has 4 saturated carbocycles. The van der Waals surface area contributed by atoms with Gasteiger partial charge in [0.1, 0.15) is 18.3 Å². The molecule has 9 nitrogen and oxygen atoms in total. The molecule has 0 aliphatic heterocycles. The van der Waals surface area contributed by atoms with Gasteiger partial charge in [-0.1, -0.05) is 27.4 Å². The summed E-state index contributed by atoms with van der Waals surface area (Å²) in [6, 6.07) is 0. The van der Waals surface area contributed by atoms with Gasteiger partial charge in [0.05, 0.1) is 17.6 Å². The third-order valence-electron chi connectivity index (χ3n) is 9.44. The Morgan fingerprint density at radius 1 is 0.914 bits per heavy atom. The van der Waals surface area contributed by atoms with Crippen molar-refractivity contribution < 1.29 is 43.6 Å². The summed E-state index contributed by atoms with van der Waals surface area (Å²) in [5.74, 6) is -3.89. The first-order valence-electron chi connectivity index (χ1n) is 12.2. The topological polar surface area (TPSA) is 136 Å². The molecule has 0 saturated heterocycles. The molecule has 4 rings (SSSR count). The summed E-state index contributed by atoms with van der Waals surface area (Å²) in [7, 11) is 0. The van der Waals surface area contributed by atoms with E-state index in [2.05, 4.69) is 6.58 Å². The molecule has 4 aliphatic rings. The molecule has 2 N–H and O–H groups in total. The van der Waals surface area contributed by atoms with Crippen molar-refractivity contribution in [2.45, 2.75) is 91.3 Å². The van der Waals surface area contributed by atoms with E-state index < -0.39 is 76.5 Å². The number of ether oxygens (including phenoxy) is 3. The van der Waals surface area contributed by atoms with Gasteiger partial charge >= 0.3 is 17.9 Å². The molecule has 0 radical (unpaired) electrons. The summed E-state index contributed by atoms with van der Waals surface area (Å²) in [5, 5.41) is 23.0. The van der Waals surface area contributed by atoms with Crippen LogP contribution in [-0.4, -0.2) is 64.4 Å². The van der Waals surface area contributed by atoms with E-state index >= 15 is 0 Å². The highest BCUT2D eigenvalue weighted by atomic mass is 16.6. The number of allylic oxidation sites excluding steroid dienone is 1. The Morgan fingerprint density at radius 3 is 2.03 bits per heavy atom. The van der Waals surface area contributed by atoms with Crippen LogP contribution in [-0.2, 0) is 33.4 Å². The highest BCUT2D eigenvalue weighted by Crippen LogP contribution is 2.72. The van der Waals surface area contributed by atoms with Crippen molar-refractivity contribution in [3.8, 4) is 0 Å². The maximum Gasteiger partial charge on any atom is 0.303 e. The summed E-state index contributed by atoms with van der Waals surface area (Å²) >= 11 is 0. The van der Waals surface area contributed by atoms with E-state index in [9.17, 15) is 29.4 Å². The smallest absolute Gasteiger partial charge is 0.303 e. The Morgan fingerprint density at radius 2 is 1.49 bits per heavy atom. The van der Waals surface area contributed by atoms with Crippen molar-refractivity contribution in [3.63, 3.8) is 0 Å². The number of hydrogen-bond donors (Lipinski definition) is 2. The van der Waals surface area contributed by atoms with Crippen LogP contribution in [0.4, 0.5) is 0 Å². The van der Waals surface area contributed by atoms with E-state index in [-0.39, 0.29) is 24.5 Å². The molecule has 0 aromatic rings. The minimum absolute atomic E-state index is 0.0858. The largest absolute Gasteiger partial charge is 0.462 e. The highest BCUT2D eigenvalue weighted by Gasteiger charge is 2.79. The van der Waals surface area contributed by atoms with Crippen molar-refractivity contribution in [1.82, 2.24) is 0 Å². The predicted molar refractivity (Wildman–Crippen MR) is 121 cm³/mol. The Kier molecular flexibility index (Phi) is 6.00. The van der Waals surface area contributed by atoms with E-state index in [1.54, 1.807) is 13.8 Å². The third kappa shape index (κ3) is 3.41. The standard InChI is InChI=1S/C26H36O9/c1-11-15-8-16(33-12(2)27)20-25(7)18(34-13(3)28)9-17(30)24(5,6)21(25)19(31)23(35-14(4)29)26(20,10-15)22(11)32/h15-21,23,30-31H,1,8-10H2,2-7H3. The lowest BCUT2D eigenvalue weighted by Crippen LogP contribution is -2.76. The van der Waals surface area contributed by atoms with Crippen LogP contribution in [0, 0.1) is 34.0 Å². The molecule has 10 atom stereocenters. The van der Waals surface area contributed by atoms with Gasteiger partial charge in [-0.3, -0.25) is 19.2 Å². The van der Waals surface area contributed by atoms with Crippen molar-refractivity contribution in [2.75, 3.05) is 0 Å². The summed E-state index contributed by atoms with van der Waals surface area (Å²) < 4.78 is 17.3. The first-order chi connectivity index (χ1) is 16.1. The minimum Gasteiger partial charge on any atom is -0.462 e. The van der Waals surface area contributed by atoms with Crippen molar-refractivity contribution in [2.24, 2.45) is 34.0 Å². The average Bonchev–Trinajstić information content (AvgIpc) is 2.90. The van der Waals surface area contributed by atoms with E-state index in [4.69, 9.17) is 14.2 Å². The van der Waals surface area contributed by atoms with E-state index in [0.29, 0.717) is 12.0 Å². The van der Waals surface area contributed by atoms with Crippen LogP contribution in [0.2, 0.25) is 0 Å². The minimum atomic E-state index is -1.41. The molecule has 35 heavy (non-hydrogen) atoms. The van der Waals surface area contributed by atoms with Crippen LogP contribution >= 0.6 is 0 Å². The van der Waals surface area contributed by atoms with Crippen LogP contribution in [0.1, 0.15) is 60.8 Å². The van der Waals surface area contributed by atoms with Gasteiger partial charge in [0.2, 0.25) is 0 Å². The lowest BCUT2D eigenvalue weighted by molar-refractivity contribution is -0.307. The SMILES string of the molecule is C=C1C(=O)C23CC1CC(OC(C)=O)C2C1(C)C(OC(C)=O)CC(O)C(C)(C)C1C(O)C3OC(C)=O. The van der Waals surface area contributed by atoms with Gasteiger partial charge in [0.25, 0.3) is 0 Å². The normalized spacial score (nSPS) is 45.7. The van der Waals surface area contributed by atoms with Crippen LogP contribution in [0.15, 0.2) is 12.2 Å². The predicted octanol–water partition coefficient (Wildman–Crippen LogP) is 1.72. The van der Waals surface area contributed by atoms with Gasteiger partial charge in [-0.05, 0) is 29.7 Å². The Labute approximate surface area is 205 Å². The molecular formula is C26H36O9. The zero-order valence-electron chi connectivity index (χ0n) is 21.2. The zero-order valence-corrected chi connectivity index (χ0v) is 21.2. The van der Waals surface area contributed by atoms with Crippen LogP contribution in [0.25, 0.3) is 0 Å². The molecule has 4 aliphatic carbocycles. The van der Waals surface area contributed by atoms with Crippen molar-refractivity contribution in [3.05, 3.63) is 12.2 Å². The zero-order chi connectivity index (χ0) is 26.2. The maximum atomic E-state index is 14.0. The van der Waals surface area contributed by atoms with Gasteiger partial charge in [0.15, 0.2) is 5.78 Å². The molecule has 2 bridgehead atoms. The number of rotatable bonds is 3. The quantitative estimate of drug-likeness (QED) is 0.343. The van der Waals surface area contributed by atoms with Crippen molar-refractivity contribution in [1.29, 1.82) is 0 Å². The number of hydrogen-bond acceptors (Lipinski definition) is 9. The molecule has 4 fully saturated rings. The Balaban J connectivity index is 2.03. The number of fused-ring (bicyclic) bond motifs is 3. The molecule has 0 aromatic heterocycles. The first kappa shape index (κ1) is 25.8. The highest BCUT2D eigenvalue weighted by molar-refractivity contribution is 6.04. The summed E-state index contributed by atoms with van der Waals surface area (Å²) in [6.07, 6.45) is -4.48. The molecule has 0 heterocycles. The third-order valence-corrected chi connectivity index (χ3v) is 9.44. The fourth-order valence-corrected chi connectivity index (χ4v) is 8.44. The van der Waals surface area contributed by atoms with Crippen LogP contribution < -0.4 is 0 Å². The Bertz CT molecular complexity index is 985. The first-order valence-corrected chi connectivity index (χ1v) is 12.2. The number of aliphatic hydroxyl groups excluding tert-OH is 2. The second-order valence-corrected chi connectivity index (χ2v) is 11.7. The second kappa shape index (κ2) is 8.13. The summed E-state index contributed by atoms with van der Waals surface area (Å²) in [4.78, 5) is 50.6. The number of carbonyl (C=O) groups is 4. The molecule has 0 amide bonds. The van der Waals surface area contributed by atoms with E-state index in [1.165, 1.54) is 20.8 Å². The summed E-state index contributed by atoms with van der Waals surface area (Å²) in [6.45, 7) is 13.2. The number of Topliss-reactive ketones (excluding diaryl/α,β-unsaturated/α-hetero) is 1. The molecule has 10 unspecified atom stereocenters. The molecule has 194 valence electrons. The average molecular weight is 493 g/mol. The van der Waals surface area contributed by atoms with Crippen molar-refractivity contribution >= 4 is 23.7 Å². The fraction of sp³-hybridized carbons (Fsp3) is 0.769. The number of esters is 3. The van der Waals surface area contributed by atoms with Gasteiger partial charge in [-0.2, -0.15) is 0 Å². The molecular weight excluding hydrogens is 456 g/mol. The van der Waals surface area contributed by atoms with Gasteiger partial charge in [0, 0.05) is 44.4 Å². The van der Waals surface area contributed by atoms with Gasteiger partial charge in [-0.25, -0.2) is 0 Å². The van der Waals surface area contributed by atoms with E-state index in [0.717, 1.165) is 0 Å². The molecule has 1 spiro atoms. The summed E-state index contributed by atoms with van der Waals surface area (Å²) in [5.41, 5.74) is -3.07. The van der Waals surface area contributed by atoms with Gasteiger partial charge < -0.3 is 24.4 Å². The number of aliphatic hydroxyl groups is 2. The monoisotopic (exact) mass is 492 g/mol. The second-order valence-electron chi connectivity index (χ2n) is 11.7. The Hall–Kier alpha value is -2.26. The molecule has 9 heteroatoms. The van der Waals surface area contributed by atoms with Crippen LogP contribution in [0.3, 0.4) is 0 Å². The maximum absolute atomic E-state index is 14.0. The lowest BCUT2D eigenvalue weighted by atomic mass is 9.37. The fourth-order valence-electron chi connectivity index (χ4n) is 8.44. The number of ketones is 1. The van der Waals surface area contributed by atoms with Crippen LogP contribution in [0.5, 0.6) is 0 Å².